The molecule has 114 valence electrons. The molecule has 0 atom stereocenters. The molecule has 0 saturated heterocycles. The minimum absolute atomic E-state index is 0.138. The fourth-order valence-corrected chi connectivity index (χ4v) is 2.03. The van der Waals surface area contributed by atoms with Gasteiger partial charge in [0, 0.05) is 32.1 Å². The smallest absolute Gasteiger partial charge is 0.223 e. The van der Waals surface area contributed by atoms with Crippen LogP contribution in [-0.4, -0.2) is 32.0 Å². The third-order valence-corrected chi connectivity index (χ3v) is 3.13. The van der Waals surface area contributed by atoms with Gasteiger partial charge in [-0.3, -0.25) is 9.59 Å². The van der Waals surface area contributed by atoms with Gasteiger partial charge >= 0.3 is 0 Å². The van der Waals surface area contributed by atoms with Crippen molar-refractivity contribution in [1.29, 1.82) is 0 Å². The fraction of sp³-hybridized carbons (Fsp3) is 0.333. The van der Waals surface area contributed by atoms with Crippen molar-refractivity contribution in [1.82, 2.24) is 5.32 Å². The molecular weight excluding hydrogens is 292 g/mol. The van der Waals surface area contributed by atoms with Gasteiger partial charge in [0.1, 0.15) is 5.75 Å². The summed E-state index contributed by atoms with van der Waals surface area (Å²) in [4.78, 5) is 24.8. The lowest BCUT2D eigenvalue weighted by Crippen LogP contribution is -2.33. The van der Waals surface area contributed by atoms with Gasteiger partial charge in [-0.1, -0.05) is 17.7 Å². The van der Waals surface area contributed by atoms with Crippen molar-refractivity contribution < 1.29 is 14.3 Å². The first-order valence-electron chi connectivity index (χ1n) is 6.48. The van der Waals surface area contributed by atoms with E-state index in [0.29, 0.717) is 23.0 Å². The number of amides is 2. The van der Waals surface area contributed by atoms with E-state index in [1.165, 1.54) is 18.9 Å². The maximum atomic E-state index is 11.7. The number of methoxy groups -OCH3 is 1. The number of nitrogens with zero attached hydrogens (tertiary/aromatic N) is 1. The molecule has 0 saturated carbocycles. The van der Waals surface area contributed by atoms with E-state index in [4.69, 9.17) is 16.3 Å². The third kappa shape index (κ3) is 5.11. The number of hydrogen-bond acceptors (Lipinski definition) is 3. The summed E-state index contributed by atoms with van der Waals surface area (Å²) in [5, 5.41) is 3.08. The van der Waals surface area contributed by atoms with Crippen LogP contribution >= 0.6 is 11.6 Å². The van der Waals surface area contributed by atoms with Crippen LogP contribution in [0.2, 0.25) is 5.02 Å². The largest absolute Gasteiger partial charge is 0.495 e. The van der Waals surface area contributed by atoms with Crippen molar-refractivity contribution in [2.45, 2.75) is 13.3 Å². The molecule has 0 radical (unpaired) electrons. The lowest BCUT2D eigenvalue weighted by molar-refractivity contribution is -0.120. The van der Waals surface area contributed by atoms with Gasteiger partial charge in [-0.05, 0) is 18.2 Å². The molecule has 5 nitrogen and oxygen atoms in total. The highest BCUT2D eigenvalue weighted by molar-refractivity contribution is 6.32. The van der Waals surface area contributed by atoms with Gasteiger partial charge in [0.2, 0.25) is 11.8 Å². The number of carbonyl (C=O) groups excluding carboxylic acids is 2. The highest BCUT2D eigenvalue weighted by Gasteiger charge is 2.14. The zero-order valence-electron chi connectivity index (χ0n) is 12.2. The molecule has 1 aromatic carbocycles. The number of nitrogens with one attached hydrogen (secondary N) is 1. The molecule has 0 spiro atoms. The molecule has 0 fully saturated rings. The highest BCUT2D eigenvalue weighted by atomic mass is 35.5. The summed E-state index contributed by atoms with van der Waals surface area (Å²) < 4.78 is 5.07. The van der Waals surface area contributed by atoms with E-state index in [1.807, 2.05) is 0 Å². The summed E-state index contributed by atoms with van der Waals surface area (Å²) in [5.74, 6) is 0.237. The Bertz CT molecular complexity index is 532. The second kappa shape index (κ2) is 8.32. The van der Waals surface area contributed by atoms with Gasteiger partial charge < -0.3 is 15.0 Å². The van der Waals surface area contributed by atoms with Crippen molar-refractivity contribution in [3.63, 3.8) is 0 Å². The van der Waals surface area contributed by atoms with Crippen molar-refractivity contribution >= 4 is 29.1 Å². The maximum Gasteiger partial charge on any atom is 0.223 e. The molecule has 0 bridgehead atoms. The molecule has 0 aliphatic heterocycles. The summed E-state index contributed by atoms with van der Waals surface area (Å²) in [6.45, 7) is 5.66. The number of halogens is 1. The summed E-state index contributed by atoms with van der Waals surface area (Å²) in [6, 6.07) is 5.06. The van der Waals surface area contributed by atoms with Crippen molar-refractivity contribution in [2.75, 3.05) is 25.1 Å². The van der Waals surface area contributed by atoms with Gasteiger partial charge in [0.15, 0.2) is 0 Å². The topological polar surface area (TPSA) is 58.6 Å². The quantitative estimate of drug-likeness (QED) is 0.787. The number of anilines is 1. The molecule has 0 aromatic heterocycles. The van der Waals surface area contributed by atoms with E-state index < -0.39 is 0 Å². The van der Waals surface area contributed by atoms with Gasteiger partial charge in [-0.25, -0.2) is 0 Å². The van der Waals surface area contributed by atoms with Crippen LogP contribution in [0.4, 0.5) is 5.69 Å². The standard InChI is InChI=1S/C15H19ClN2O3/c1-4-8-17-15(20)7-9-18(11(2)19)12-5-6-14(21-3)13(16)10-12/h4-6,10H,1,7-9H2,2-3H3,(H,17,20). The predicted octanol–water partition coefficient (Wildman–Crippen LogP) is 2.39. The molecule has 0 heterocycles. The second-order valence-corrected chi connectivity index (χ2v) is 4.74. The molecule has 1 aromatic rings. The van der Waals surface area contributed by atoms with Crippen molar-refractivity contribution in [3.8, 4) is 5.75 Å². The SMILES string of the molecule is C=CCNC(=O)CCN(C(C)=O)c1ccc(OC)c(Cl)c1. The fourth-order valence-electron chi connectivity index (χ4n) is 1.78. The van der Waals surface area contributed by atoms with Gasteiger partial charge in [0.25, 0.3) is 0 Å². The van der Waals surface area contributed by atoms with E-state index in [1.54, 1.807) is 24.3 Å². The molecule has 0 aliphatic rings. The summed E-state index contributed by atoms with van der Waals surface area (Å²) in [6.07, 6.45) is 1.81. The highest BCUT2D eigenvalue weighted by Crippen LogP contribution is 2.29. The Morgan fingerprint density at radius 2 is 2.19 bits per heavy atom. The van der Waals surface area contributed by atoms with Crippen LogP contribution in [0.3, 0.4) is 0 Å². The molecule has 0 aliphatic carbocycles. The minimum atomic E-state index is -0.159. The third-order valence-electron chi connectivity index (χ3n) is 2.83. The van der Waals surface area contributed by atoms with Crippen LogP contribution in [0.5, 0.6) is 5.75 Å². The van der Waals surface area contributed by atoms with Gasteiger partial charge in [0.05, 0.1) is 12.1 Å². The number of rotatable bonds is 7. The summed E-state index contributed by atoms with van der Waals surface area (Å²) in [7, 11) is 1.52. The van der Waals surface area contributed by atoms with E-state index in [2.05, 4.69) is 11.9 Å². The Morgan fingerprint density at radius 1 is 1.48 bits per heavy atom. The van der Waals surface area contributed by atoms with E-state index in [-0.39, 0.29) is 24.8 Å². The molecule has 1 rings (SSSR count). The van der Waals surface area contributed by atoms with E-state index >= 15 is 0 Å². The summed E-state index contributed by atoms with van der Waals surface area (Å²) in [5.41, 5.74) is 0.629. The predicted molar refractivity (Wildman–Crippen MR) is 83.9 cm³/mol. The zero-order valence-corrected chi connectivity index (χ0v) is 12.9. The first-order chi connectivity index (χ1) is 9.99. The van der Waals surface area contributed by atoms with Gasteiger partial charge in [-0.15, -0.1) is 6.58 Å². The van der Waals surface area contributed by atoms with Crippen LogP contribution in [0, 0.1) is 0 Å². The van der Waals surface area contributed by atoms with Crippen LogP contribution in [0.15, 0.2) is 30.9 Å². The number of ether oxygens (including phenoxy) is 1. The van der Waals surface area contributed by atoms with Crippen LogP contribution in [-0.2, 0) is 9.59 Å². The normalized spacial score (nSPS) is 9.86. The zero-order chi connectivity index (χ0) is 15.8. The lowest BCUT2D eigenvalue weighted by atomic mass is 10.2. The Balaban J connectivity index is 2.78. The van der Waals surface area contributed by atoms with E-state index in [9.17, 15) is 9.59 Å². The van der Waals surface area contributed by atoms with Crippen molar-refractivity contribution in [3.05, 3.63) is 35.9 Å². The first-order valence-corrected chi connectivity index (χ1v) is 6.86. The molecule has 1 N–H and O–H groups in total. The average molecular weight is 311 g/mol. The van der Waals surface area contributed by atoms with E-state index in [0.717, 1.165) is 0 Å². The van der Waals surface area contributed by atoms with Gasteiger partial charge in [-0.2, -0.15) is 0 Å². The summed E-state index contributed by atoms with van der Waals surface area (Å²) >= 11 is 6.06. The Hall–Kier alpha value is -2.01. The molecular formula is C15H19ClN2O3. The Kier molecular flexibility index (Phi) is 6.75. The van der Waals surface area contributed by atoms with Crippen molar-refractivity contribution in [2.24, 2.45) is 0 Å². The maximum absolute atomic E-state index is 11.7. The number of carbonyl (C=O) groups is 2. The average Bonchev–Trinajstić information content (AvgIpc) is 2.45. The van der Waals surface area contributed by atoms with Crippen LogP contribution in [0.1, 0.15) is 13.3 Å². The first kappa shape index (κ1) is 17.0. The lowest BCUT2D eigenvalue weighted by Gasteiger charge is -2.21. The Morgan fingerprint density at radius 3 is 2.71 bits per heavy atom. The second-order valence-electron chi connectivity index (χ2n) is 4.33. The van der Waals surface area contributed by atoms with Crippen LogP contribution in [0.25, 0.3) is 0 Å². The van der Waals surface area contributed by atoms with Crippen LogP contribution < -0.4 is 15.0 Å². The number of hydrogen-bond donors (Lipinski definition) is 1. The Labute approximate surface area is 129 Å². The molecule has 0 unspecified atom stereocenters. The minimum Gasteiger partial charge on any atom is -0.495 e. The molecule has 2 amide bonds. The number of benzene rings is 1. The molecule has 6 heteroatoms. The molecule has 21 heavy (non-hydrogen) atoms. The monoisotopic (exact) mass is 310 g/mol.